The molecule has 7 aromatic rings. The third-order valence-corrected chi connectivity index (χ3v) is 7.93. The molecule has 0 fully saturated rings. The standard InChI is InChI=1S/C42H32N2/c1-29-21-30(2)43-40(22-29)35-20-12-19-34(23-35)37-24-36(31-13-6-3-7-14-31)25-39(26-37)42-28-38(32-15-8-4-9-16-32)27-41(44-42)33-17-10-5-11-18-33/h3-28H,1-2H3. The molecule has 2 aromatic heterocycles. The molecule has 0 unspecified atom stereocenters. The van der Waals surface area contributed by atoms with Gasteiger partial charge in [-0.15, -0.1) is 0 Å². The van der Waals surface area contributed by atoms with Crippen LogP contribution in [0.2, 0.25) is 0 Å². The Morgan fingerprint density at radius 1 is 0.295 bits per heavy atom. The van der Waals surface area contributed by atoms with Crippen LogP contribution < -0.4 is 0 Å². The van der Waals surface area contributed by atoms with E-state index in [1.54, 1.807) is 0 Å². The van der Waals surface area contributed by atoms with E-state index in [1.165, 1.54) is 16.7 Å². The van der Waals surface area contributed by atoms with Gasteiger partial charge in [0.25, 0.3) is 0 Å². The predicted molar refractivity (Wildman–Crippen MR) is 184 cm³/mol. The summed E-state index contributed by atoms with van der Waals surface area (Å²) in [6.45, 7) is 4.17. The van der Waals surface area contributed by atoms with E-state index in [-0.39, 0.29) is 0 Å². The molecule has 0 radical (unpaired) electrons. The molecule has 0 amide bonds. The quantitative estimate of drug-likeness (QED) is 0.201. The van der Waals surface area contributed by atoms with Crippen LogP contribution >= 0.6 is 0 Å². The van der Waals surface area contributed by atoms with Crippen molar-refractivity contribution in [3.8, 4) is 67.2 Å². The van der Waals surface area contributed by atoms with Gasteiger partial charge in [-0.25, -0.2) is 4.98 Å². The second kappa shape index (κ2) is 11.9. The maximum absolute atomic E-state index is 5.24. The fourth-order valence-electron chi connectivity index (χ4n) is 5.82. The molecule has 0 aliphatic carbocycles. The lowest BCUT2D eigenvalue weighted by Crippen LogP contribution is -1.93. The molecule has 0 saturated heterocycles. The van der Waals surface area contributed by atoms with Crippen molar-refractivity contribution in [2.75, 3.05) is 0 Å². The number of benzene rings is 5. The molecule has 2 nitrogen and oxygen atoms in total. The maximum atomic E-state index is 5.24. The number of rotatable bonds is 6. The second-order valence-electron chi connectivity index (χ2n) is 11.3. The Kier molecular flexibility index (Phi) is 7.40. The Morgan fingerprint density at radius 2 is 0.727 bits per heavy atom. The molecule has 0 saturated carbocycles. The molecular weight excluding hydrogens is 532 g/mol. The number of hydrogen-bond acceptors (Lipinski definition) is 2. The van der Waals surface area contributed by atoms with E-state index >= 15 is 0 Å². The fourth-order valence-corrected chi connectivity index (χ4v) is 5.82. The van der Waals surface area contributed by atoms with Crippen LogP contribution in [0.25, 0.3) is 67.2 Å². The highest BCUT2D eigenvalue weighted by Gasteiger charge is 2.13. The Balaban J connectivity index is 1.42. The normalized spacial score (nSPS) is 11.0. The summed E-state index contributed by atoms with van der Waals surface area (Å²) in [6.07, 6.45) is 0. The third kappa shape index (κ3) is 5.84. The van der Waals surface area contributed by atoms with Gasteiger partial charge in [-0.3, -0.25) is 4.98 Å². The Bertz CT molecular complexity index is 1990. The molecular formula is C42H32N2. The van der Waals surface area contributed by atoms with Gasteiger partial charge in [-0.1, -0.05) is 109 Å². The van der Waals surface area contributed by atoms with Crippen molar-refractivity contribution in [2.45, 2.75) is 13.8 Å². The highest BCUT2D eigenvalue weighted by Crippen LogP contribution is 2.36. The molecule has 210 valence electrons. The monoisotopic (exact) mass is 564 g/mol. The van der Waals surface area contributed by atoms with Gasteiger partial charge in [0, 0.05) is 22.4 Å². The fraction of sp³-hybridized carbons (Fsp3) is 0.0476. The van der Waals surface area contributed by atoms with Crippen LogP contribution in [0.5, 0.6) is 0 Å². The molecule has 2 heteroatoms. The molecule has 0 atom stereocenters. The van der Waals surface area contributed by atoms with Gasteiger partial charge in [-0.2, -0.15) is 0 Å². The van der Waals surface area contributed by atoms with Gasteiger partial charge in [0.1, 0.15) is 0 Å². The summed E-state index contributed by atoms with van der Waals surface area (Å²) in [6, 6.07) is 55.8. The molecule has 5 aromatic carbocycles. The zero-order valence-electron chi connectivity index (χ0n) is 24.9. The van der Waals surface area contributed by atoms with Crippen molar-refractivity contribution in [1.29, 1.82) is 0 Å². The van der Waals surface area contributed by atoms with Crippen LogP contribution in [0.3, 0.4) is 0 Å². The lowest BCUT2D eigenvalue weighted by Gasteiger charge is -2.14. The minimum absolute atomic E-state index is 0.941. The number of aryl methyl sites for hydroxylation is 2. The van der Waals surface area contributed by atoms with Crippen molar-refractivity contribution in [3.05, 3.63) is 169 Å². The molecule has 0 spiro atoms. The topological polar surface area (TPSA) is 25.8 Å². The van der Waals surface area contributed by atoms with Gasteiger partial charge in [0.15, 0.2) is 0 Å². The molecule has 0 aliphatic rings. The van der Waals surface area contributed by atoms with E-state index in [4.69, 9.17) is 9.97 Å². The molecule has 2 heterocycles. The minimum atomic E-state index is 0.941. The van der Waals surface area contributed by atoms with Crippen molar-refractivity contribution in [2.24, 2.45) is 0 Å². The van der Waals surface area contributed by atoms with Crippen LogP contribution in [-0.4, -0.2) is 9.97 Å². The summed E-state index contributed by atoms with van der Waals surface area (Å²) in [5.41, 5.74) is 15.3. The van der Waals surface area contributed by atoms with Crippen molar-refractivity contribution in [1.82, 2.24) is 9.97 Å². The van der Waals surface area contributed by atoms with E-state index in [1.807, 2.05) is 6.07 Å². The van der Waals surface area contributed by atoms with Gasteiger partial charge >= 0.3 is 0 Å². The van der Waals surface area contributed by atoms with Crippen LogP contribution in [0, 0.1) is 13.8 Å². The van der Waals surface area contributed by atoms with Crippen LogP contribution in [0.1, 0.15) is 11.3 Å². The van der Waals surface area contributed by atoms with Gasteiger partial charge < -0.3 is 0 Å². The average Bonchev–Trinajstić information content (AvgIpc) is 3.09. The van der Waals surface area contributed by atoms with E-state index in [0.29, 0.717) is 0 Å². The van der Waals surface area contributed by atoms with Crippen LogP contribution in [0.15, 0.2) is 158 Å². The van der Waals surface area contributed by atoms with E-state index < -0.39 is 0 Å². The first kappa shape index (κ1) is 27.2. The molecule has 0 N–H and O–H groups in total. The zero-order chi connectivity index (χ0) is 29.9. The molecule has 44 heavy (non-hydrogen) atoms. The average molecular weight is 565 g/mol. The van der Waals surface area contributed by atoms with E-state index in [2.05, 4.69) is 166 Å². The highest BCUT2D eigenvalue weighted by atomic mass is 14.7. The van der Waals surface area contributed by atoms with Crippen molar-refractivity contribution >= 4 is 0 Å². The molecule has 0 aliphatic heterocycles. The van der Waals surface area contributed by atoms with Crippen molar-refractivity contribution < 1.29 is 0 Å². The third-order valence-electron chi connectivity index (χ3n) is 7.93. The SMILES string of the molecule is Cc1cc(C)nc(-c2cccc(-c3cc(-c4ccccc4)cc(-c4cc(-c5ccccc5)cc(-c5ccccc5)n4)c3)c2)c1. The van der Waals surface area contributed by atoms with E-state index in [9.17, 15) is 0 Å². The Labute approximate surface area is 259 Å². The van der Waals surface area contributed by atoms with Crippen molar-refractivity contribution in [3.63, 3.8) is 0 Å². The maximum Gasteiger partial charge on any atom is 0.0716 e. The summed E-state index contributed by atoms with van der Waals surface area (Å²) in [7, 11) is 0. The smallest absolute Gasteiger partial charge is 0.0716 e. The first-order chi connectivity index (χ1) is 21.6. The second-order valence-corrected chi connectivity index (χ2v) is 11.3. The first-order valence-electron chi connectivity index (χ1n) is 15.0. The summed E-state index contributed by atoms with van der Waals surface area (Å²) in [5, 5.41) is 0. The van der Waals surface area contributed by atoms with Gasteiger partial charge in [0.05, 0.1) is 17.1 Å². The zero-order valence-corrected chi connectivity index (χ0v) is 24.9. The Hall–Kier alpha value is -5.60. The van der Waals surface area contributed by atoms with Gasteiger partial charge in [-0.05, 0) is 101 Å². The number of aromatic nitrogens is 2. The van der Waals surface area contributed by atoms with Gasteiger partial charge in [0.2, 0.25) is 0 Å². The van der Waals surface area contributed by atoms with E-state index in [0.717, 1.165) is 61.7 Å². The van der Waals surface area contributed by atoms with Crippen LogP contribution in [-0.2, 0) is 0 Å². The van der Waals surface area contributed by atoms with Crippen LogP contribution in [0.4, 0.5) is 0 Å². The molecule has 0 bridgehead atoms. The first-order valence-corrected chi connectivity index (χ1v) is 15.0. The predicted octanol–water partition coefficient (Wildman–Crippen LogP) is 11.1. The summed E-state index contributed by atoms with van der Waals surface area (Å²) in [4.78, 5) is 10.1. The largest absolute Gasteiger partial charge is 0.253 e. The number of nitrogens with zero attached hydrogens (tertiary/aromatic N) is 2. The summed E-state index contributed by atoms with van der Waals surface area (Å²) < 4.78 is 0. The summed E-state index contributed by atoms with van der Waals surface area (Å²) >= 11 is 0. The Morgan fingerprint density at radius 3 is 1.34 bits per heavy atom. The lowest BCUT2D eigenvalue weighted by atomic mass is 9.92. The minimum Gasteiger partial charge on any atom is -0.253 e. The lowest BCUT2D eigenvalue weighted by molar-refractivity contribution is 1.18. The highest BCUT2D eigenvalue weighted by molar-refractivity contribution is 5.84. The number of hydrogen-bond donors (Lipinski definition) is 0. The molecule has 7 rings (SSSR count). The number of pyridine rings is 2. The summed E-state index contributed by atoms with van der Waals surface area (Å²) in [5.74, 6) is 0.